The molecule has 1 heterocycles. The first kappa shape index (κ1) is 21.0. The van der Waals surface area contributed by atoms with E-state index in [0.29, 0.717) is 10.8 Å². The molecular weight excluding hydrogens is 409 g/mol. The zero-order valence-electron chi connectivity index (χ0n) is 13.9. The van der Waals surface area contributed by atoms with Crippen molar-refractivity contribution in [2.45, 2.75) is 10.5 Å². The van der Waals surface area contributed by atoms with Gasteiger partial charge < -0.3 is 9.64 Å². The molecule has 2 rings (SSSR count). The van der Waals surface area contributed by atoms with E-state index in [1.54, 1.807) is 24.3 Å². The van der Waals surface area contributed by atoms with Gasteiger partial charge in [-0.1, -0.05) is 17.7 Å². The Kier molecular flexibility index (Phi) is 6.32. The summed E-state index contributed by atoms with van der Waals surface area (Å²) in [7, 11) is -4.45. The molecule has 0 bridgehead atoms. The second kappa shape index (κ2) is 8.13. The predicted octanol–water partition coefficient (Wildman–Crippen LogP) is 3.18. The molecule has 2 aromatic rings. The van der Waals surface area contributed by atoms with Gasteiger partial charge >= 0.3 is 5.51 Å². The van der Waals surface area contributed by atoms with Crippen molar-refractivity contribution in [2.75, 3.05) is 20.2 Å². The lowest BCUT2D eigenvalue weighted by Gasteiger charge is -2.19. The second-order valence-electron chi connectivity index (χ2n) is 5.34. The number of pyridine rings is 1. The molecule has 146 valence electrons. The smallest absolute Gasteiger partial charge is 0.492 e. The van der Waals surface area contributed by atoms with Crippen molar-refractivity contribution >= 4 is 27.3 Å². The van der Waals surface area contributed by atoms with E-state index in [4.69, 9.17) is 16.3 Å². The van der Waals surface area contributed by atoms with Crippen LogP contribution in [0.3, 0.4) is 0 Å². The third-order valence-corrected chi connectivity index (χ3v) is 5.08. The summed E-state index contributed by atoms with van der Waals surface area (Å²) in [5.74, 6) is -0.481. The van der Waals surface area contributed by atoms with Gasteiger partial charge in [0.1, 0.15) is 12.4 Å². The molecule has 0 fully saturated rings. The number of hydrogen-bond acceptors (Lipinski definition) is 5. The van der Waals surface area contributed by atoms with Crippen LogP contribution in [0.15, 0.2) is 47.6 Å². The van der Waals surface area contributed by atoms with E-state index in [-0.39, 0.29) is 13.2 Å². The molecule has 0 aliphatic carbocycles. The van der Waals surface area contributed by atoms with E-state index in [1.807, 2.05) is 0 Å². The van der Waals surface area contributed by atoms with Crippen LogP contribution >= 0.6 is 11.6 Å². The van der Waals surface area contributed by atoms with Gasteiger partial charge in [0.15, 0.2) is 5.03 Å². The highest BCUT2D eigenvalue weighted by molar-refractivity contribution is 7.92. The van der Waals surface area contributed by atoms with Crippen molar-refractivity contribution in [3.05, 3.63) is 53.2 Å². The monoisotopic (exact) mass is 422 g/mol. The Labute approximate surface area is 158 Å². The van der Waals surface area contributed by atoms with Gasteiger partial charge in [-0.2, -0.15) is 13.2 Å². The number of hydrogen-bond donors (Lipinski definition) is 0. The lowest BCUT2D eigenvalue weighted by atomic mass is 10.2. The minimum Gasteiger partial charge on any atom is -0.492 e. The fraction of sp³-hybridized carbons (Fsp3) is 0.250. The average molecular weight is 423 g/mol. The van der Waals surface area contributed by atoms with Crippen molar-refractivity contribution in [1.82, 2.24) is 9.88 Å². The van der Waals surface area contributed by atoms with Crippen molar-refractivity contribution in [2.24, 2.45) is 0 Å². The van der Waals surface area contributed by atoms with E-state index < -0.39 is 31.8 Å². The number of nitrogens with zero attached hydrogens (tertiary/aromatic N) is 2. The first-order valence-electron chi connectivity index (χ1n) is 7.44. The Bertz CT molecular complexity index is 935. The van der Waals surface area contributed by atoms with E-state index in [1.165, 1.54) is 13.1 Å². The van der Waals surface area contributed by atoms with Gasteiger partial charge in [-0.25, -0.2) is 13.4 Å². The minimum absolute atomic E-state index is 0.00819. The molecule has 0 aliphatic heterocycles. The molecule has 11 heteroatoms. The lowest BCUT2D eigenvalue weighted by molar-refractivity contribution is -0.0438. The number of alkyl halides is 3. The molecule has 0 saturated heterocycles. The van der Waals surface area contributed by atoms with Crippen LogP contribution in [0, 0.1) is 0 Å². The summed E-state index contributed by atoms with van der Waals surface area (Å²) in [6.45, 7) is 0.00987. The van der Waals surface area contributed by atoms with E-state index in [2.05, 4.69) is 4.98 Å². The number of ether oxygens (including phenoxy) is 1. The molecule has 6 nitrogen and oxygen atoms in total. The fourth-order valence-electron chi connectivity index (χ4n) is 2.04. The van der Waals surface area contributed by atoms with Gasteiger partial charge in [0, 0.05) is 18.3 Å². The molecule has 1 amide bonds. The Morgan fingerprint density at radius 3 is 2.59 bits per heavy atom. The van der Waals surface area contributed by atoms with Crippen LogP contribution in [0.5, 0.6) is 5.75 Å². The summed E-state index contributed by atoms with van der Waals surface area (Å²) in [5, 5.41) is -0.876. The first-order chi connectivity index (χ1) is 12.5. The second-order valence-corrected chi connectivity index (χ2v) is 7.63. The fourth-order valence-corrected chi connectivity index (χ4v) is 3.09. The summed E-state index contributed by atoms with van der Waals surface area (Å²) >= 11 is 5.81. The summed E-state index contributed by atoms with van der Waals surface area (Å²) in [6.07, 6.45) is 0.873. The Morgan fingerprint density at radius 1 is 1.26 bits per heavy atom. The number of sulfone groups is 1. The highest BCUT2D eigenvalue weighted by Crippen LogP contribution is 2.31. The molecule has 1 aromatic carbocycles. The van der Waals surface area contributed by atoms with Gasteiger partial charge in [-0.05, 0) is 30.3 Å². The zero-order chi connectivity index (χ0) is 20.2. The predicted molar refractivity (Wildman–Crippen MR) is 91.4 cm³/mol. The maximum Gasteiger partial charge on any atom is 0.503 e. The van der Waals surface area contributed by atoms with Gasteiger partial charge in [-0.15, -0.1) is 0 Å². The zero-order valence-corrected chi connectivity index (χ0v) is 15.5. The highest BCUT2D eigenvalue weighted by atomic mass is 35.5. The average Bonchev–Trinajstić information content (AvgIpc) is 2.60. The maximum atomic E-state index is 12.8. The highest BCUT2D eigenvalue weighted by Gasteiger charge is 2.49. The van der Waals surface area contributed by atoms with Crippen LogP contribution < -0.4 is 4.74 Å². The summed E-state index contributed by atoms with van der Waals surface area (Å²) in [5.41, 5.74) is -6.23. The van der Waals surface area contributed by atoms with Crippen molar-refractivity contribution < 1.29 is 31.1 Å². The molecule has 0 spiro atoms. The number of benzene rings is 1. The molecule has 0 radical (unpaired) electrons. The maximum absolute atomic E-state index is 12.8. The number of carbonyl (C=O) groups excluding carboxylic acids is 1. The number of halogens is 4. The van der Waals surface area contributed by atoms with E-state index >= 15 is 0 Å². The number of rotatable bonds is 6. The first-order valence-corrected chi connectivity index (χ1v) is 9.30. The van der Waals surface area contributed by atoms with Crippen LogP contribution in [0.1, 0.15) is 10.4 Å². The quantitative estimate of drug-likeness (QED) is 0.714. The Balaban J connectivity index is 2.13. The molecule has 27 heavy (non-hydrogen) atoms. The lowest BCUT2D eigenvalue weighted by Crippen LogP contribution is -2.33. The normalized spacial score (nSPS) is 11.9. The molecule has 0 N–H and O–H groups in total. The van der Waals surface area contributed by atoms with Gasteiger partial charge in [0.05, 0.1) is 12.1 Å². The van der Waals surface area contributed by atoms with Crippen molar-refractivity contribution in [3.8, 4) is 5.75 Å². The molecule has 1 aromatic heterocycles. The number of carbonyl (C=O) groups is 1. The molecule has 0 saturated carbocycles. The summed E-state index contributed by atoms with van der Waals surface area (Å²) in [4.78, 5) is 16.7. The topological polar surface area (TPSA) is 76.6 Å². The number of aromatic nitrogens is 1. The van der Waals surface area contributed by atoms with Gasteiger partial charge in [0.25, 0.3) is 15.7 Å². The van der Waals surface area contributed by atoms with Crippen LogP contribution in [0.4, 0.5) is 13.2 Å². The van der Waals surface area contributed by atoms with E-state index in [0.717, 1.165) is 17.2 Å². The van der Waals surface area contributed by atoms with Crippen LogP contribution in [-0.2, 0) is 9.84 Å². The Morgan fingerprint density at radius 2 is 1.96 bits per heavy atom. The van der Waals surface area contributed by atoms with Crippen LogP contribution in [-0.4, -0.2) is 49.9 Å². The molecule has 0 aliphatic rings. The third-order valence-electron chi connectivity index (χ3n) is 3.40. The third kappa shape index (κ3) is 4.89. The van der Waals surface area contributed by atoms with Crippen LogP contribution in [0.25, 0.3) is 0 Å². The molecular formula is C16H14ClF3N2O4S. The number of likely N-dealkylation sites (N-methyl/N-ethyl adjacent to an activating group) is 1. The van der Waals surface area contributed by atoms with Gasteiger partial charge in [-0.3, -0.25) is 4.79 Å². The van der Waals surface area contributed by atoms with Crippen LogP contribution in [0.2, 0.25) is 5.02 Å². The summed E-state index contributed by atoms with van der Waals surface area (Å²) < 4.78 is 67.1. The molecule has 0 unspecified atom stereocenters. The standard InChI is InChI=1S/C16H14ClF3N2O4S/c1-22(8-9-26-12-5-2-4-11(17)10-12)15(23)13-6-3-7-21-14(13)27(24,25)16(18,19)20/h2-7,10H,8-9H2,1H3. The van der Waals surface area contributed by atoms with E-state index in [9.17, 15) is 26.4 Å². The summed E-state index contributed by atoms with van der Waals surface area (Å²) in [6, 6.07) is 8.66. The largest absolute Gasteiger partial charge is 0.503 e. The minimum atomic E-state index is -5.76. The Hall–Kier alpha value is -2.33. The van der Waals surface area contributed by atoms with Crippen molar-refractivity contribution in [1.29, 1.82) is 0 Å². The van der Waals surface area contributed by atoms with Crippen molar-refractivity contribution in [3.63, 3.8) is 0 Å². The SMILES string of the molecule is CN(CCOc1cccc(Cl)c1)C(=O)c1cccnc1S(=O)(=O)C(F)(F)F. The molecule has 0 atom stereocenters. The number of amides is 1. The van der Waals surface area contributed by atoms with Gasteiger partial charge in [0.2, 0.25) is 0 Å².